The molecule has 1 aromatic heterocycles. The van der Waals surface area contributed by atoms with Gasteiger partial charge in [0.05, 0.1) is 21.8 Å². The molecule has 0 fully saturated rings. The summed E-state index contributed by atoms with van der Waals surface area (Å²) < 4.78 is 0.662. The van der Waals surface area contributed by atoms with Gasteiger partial charge in [0.1, 0.15) is 5.82 Å². The molecule has 1 heterocycles. The number of nitrogens with two attached hydrogens (primary N) is 1. The zero-order chi connectivity index (χ0) is 14.8. The molecule has 0 saturated heterocycles. The highest BCUT2D eigenvalue weighted by Gasteiger charge is 2.30. The molecule has 1 amide bonds. The molecule has 0 aliphatic heterocycles. The average molecular weight is 334 g/mol. The van der Waals surface area contributed by atoms with Crippen LogP contribution in [0.25, 0.3) is 0 Å². The van der Waals surface area contributed by atoms with Gasteiger partial charge in [0, 0.05) is 0 Å². The second kappa shape index (κ2) is 5.63. The summed E-state index contributed by atoms with van der Waals surface area (Å²) in [5.41, 5.74) is 6.47. The van der Waals surface area contributed by atoms with Crippen LogP contribution in [0, 0.1) is 0 Å². The Bertz CT molecular complexity index is 626. The molecule has 0 saturated carbocycles. The minimum atomic E-state index is -0.649. The van der Waals surface area contributed by atoms with E-state index in [0.29, 0.717) is 16.0 Å². The number of carbonyl (C=O) groups excluding carboxylic acids is 1. The second-order valence-corrected chi connectivity index (χ2v) is 5.90. The standard InChI is InChI=1S/C15H16BrN3O/c1-15(2,10-6-4-3-5-7-10)14(20)19-13-12(16)8-11(17)9-18-13/h3-9H,17H2,1-2H3,(H,18,19,20). The molecule has 5 heteroatoms. The Morgan fingerprint density at radius 1 is 1.30 bits per heavy atom. The van der Waals surface area contributed by atoms with Crippen LogP contribution in [0.5, 0.6) is 0 Å². The summed E-state index contributed by atoms with van der Waals surface area (Å²) in [6.45, 7) is 3.76. The van der Waals surface area contributed by atoms with E-state index in [1.165, 1.54) is 6.20 Å². The number of hydrogen-bond donors (Lipinski definition) is 2. The van der Waals surface area contributed by atoms with E-state index in [0.717, 1.165) is 5.56 Å². The molecular weight excluding hydrogens is 318 g/mol. The van der Waals surface area contributed by atoms with Gasteiger partial charge >= 0.3 is 0 Å². The van der Waals surface area contributed by atoms with Crippen LogP contribution in [0.1, 0.15) is 19.4 Å². The lowest BCUT2D eigenvalue weighted by Gasteiger charge is -2.24. The molecule has 0 bridgehead atoms. The summed E-state index contributed by atoms with van der Waals surface area (Å²) in [7, 11) is 0. The predicted molar refractivity (Wildman–Crippen MR) is 84.4 cm³/mol. The first-order valence-electron chi connectivity index (χ1n) is 6.19. The molecule has 0 aliphatic rings. The Labute approximate surface area is 126 Å². The van der Waals surface area contributed by atoms with E-state index in [1.54, 1.807) is 6.07 Å². The number of nitrogens with one attached hydrogen (secondary N) is 1. The van der Waals surface area contributed by atoms with Crippen LogP contribution in [0.4, 0.5) is 11.5 Å². The van der Waals surface area contributed by atoms with E-state index < -0.39 is 5.41 Å². The number of pyridine rings is 1. The van der Waals surface area contributed by atoms with Crippen molar-refractivity contribution in [2.24, 2.45) is 0 Å². The lowest BCUT2D eigenvalue weighted by atomic mass is 9.84. The molecular formula is C15H16BrN3O. The third kappa shape index (κ3) is 2.99. The fourth-order valence-electron chi connectivity index (χ4n) is 1.79. The van der Waals surface area contributed by atoms with Crippen LogP contribution in [0.15, 0.2) is 47.1 Å². The zero-order valence-corrected chi connectivity index (χ0v) is 12.9. The Kier molecular flexibility index (Phi) is 4.09. The van der Waals surface area contributed by atoms with Crippen LogP contribution in [0.3, 0.4) is 0 Å². The summed E-state index contributed by atoms with van der Waals surface area (Å²) in [6.07, 6.45) is 1.51. The quantitative estimate of drug-likeness (QED) is 0.905. The summed E-state index contributed by atoms with van der Waals surface area (Å²) in [6, 6.07) is 11.3. The number of carbonyl (C=O) groups is 1. The molecule has 0 aliphatic carbocycles. The fourth-order valence-corrected chi connectivity index (χ4v) is 2.26. The van der Waals surface area contributed by atoms with Gasteiger partial charge in [0.15, 0.2) is 0 Å². The zero-order valence-electron chi connectivity index (χ0n) is 11.4. The first-order valence-corrected chi connectivity index (χ1v) is 6.98. The number of aromatic nitrogens is 1. The molecule has 0 radical (unpaired) electrons. The van der Waals surface area contributed by atoms with Crippen molar-refractivity contribution in [3.05, 3.63) is 52.6 Å². The topological polar surface area (TPSA) is 68.0 Å². The molecule has 4 nitrogen and oxygen atoms in total. The molecule has 0 unspecified atom stereocenters. The minimum absolute atomic E-state index is 0.123. The Balaban J connectivity index is 2.23. The average Bonchev–Trinajstić information content (AvgIpc) is 2.42. The number of rotatable bonds is 3. The Morgan fingerprint density at radius 2 is 1.95 bits per heavy atom. The van der Waals surface area contributed by atoms with Crippen LogP contribution >= 0.6 is 15.9 Å². The van der Waals surface area contributed by atoms with E-state index in [-0.39, 0.29) is 5.91 Å². The molecule has 3 N–H and O–H groups in total. The highest BCUT2D eigenvalue weighted by atomic mass is 79.9. The van der Waals surface area contributed by atoms with Gasteiger partial charge in [-0.1, -0.05) is 30.3 Å². The molecule has 2 rings (SSSR count). The molecule has 1 aromatic carbocycles. The van der Waals surface area contributed by atoms with Gasteiger partial charge in [-0.25, -0.2) is 4.98 Å². The largest absolute Gasteiger partial charge is 0.397 e. The van der Waals surface area contributed by atoms with Gasteiger partial charge < -0.3 is 11.1 Å². The van der Waals surface area contributed by atoms with Crippen molar-refractivity contribution in [1.82, 2.24) is 4.98 Å². The van der Waals surface area contributed by atoms with Crippen molar-refractivity contribution in [3.63, 3.8) is 0 Å². The summed E-state index contributed by atoms with van der Waals surface area (Å²) in [5, 5.41) is 2.82. The van der Waals surface area contributed by atoms with Gasteiger partial charge in [-0.15, -0.1) is 0 Å². The maximum Gasteiger partial charge on any atom is 0.235 e. The minimum Gasteiger partial charge on any atom is -0.397 e. The van der Waals surface area contributed by atoms with Crippen LogP contribution in [-0.2, 0) is 10.2 Å². The normalized spacial score (nSPS) is 11.2. The highest BCUT2D eigenvalue weighted by molar-refractivity contribution is 9.10. The van der Waals surface area contributed by atoms with Crippen molar-refractivity contribution in [2.45, 2.75) is 19.3 Å². The van der Waals surface area contributed by atoms with Gasteiger partial charge in [-0.3, -0.25) is 4.79 Å². The van der Waals surface area contributed by atoms with Crippen LogP contribution < -0.4 is 11.1 Å². The van der Waals surface area contributed by atoms with Gasteiger partial charge in [-0.05, 0) is 41.4 Å². The molecule has 0 spiro atoms. The Morgan fingerprint density at radius 3 is 2.55 bits per heavy atom. The SMILES string of the molecule is CC(C)(C(=O)Nc1ncc(N)cc1Br)c1ccccc1. The summed E-state index contributed by atoms with van der Waals surface area (Å²) in [4.78, 5) is 16.6. The predicted octanol–water partition coefficient (Wildman–Crippen LogP) is 3.34. The van der Waals surface area contributed by atoms with Gasteiger partial charge in [0.2, 0.25) is 5.91 Å². The number of amides is 1. The third-order valence-corrected chi connectivity index (χ3v) is 3.76. The fraction of sp³-hybridized carbons (Fsp3) is 0.200. The van der Waals surface area contributed by atoms with Crippen molar-refractivity contribution in [1.29, 1.82) is 0 Å². The van der Waals surface area contributed by atoms with Gasteiger partial charge in [0.25, 0.3) is 0 Å². The number of nitrogen functional groups attached to an aromatic ring is 1. The van der Waals surface area contributed by atoms with E-state index in [1.807, 2.05) is 44.2 Å². The van der Waals surface area contributed by atoms with Crippen LogP contribution in [0.2, 0.25) is 0 Å². The lowest BCUT2D eigenvalue weighted by molar-refractivity contribution is -0.120. The maximum absolute atomic E-state index is 12.5. The van der Waals surface area contributed by atoms with Crippen LogP contribution in [-0.4, -0.2) is 10.9 Å². The van der Waals surface area contributed by atoms with E-state index in [4.69, 9.17) is 5.73 Å². The first kappa shape index (κ1) is 14.5. The summed E-state index contributed by atoms with van der Waals surface area (Å²) >= 11 is 3.34. The smallest absolute Gasteiger partial charge is 0.235 e. The molecule has 2 aromatic rings. The third-order valence-electron chi connectivity index (χ3n) is 3.16. The second-order valence-electron chi connectivity index (χ2n) is 5.04. The maximum atomic E-state index is 12.5. The van der Waals surface area contributed by atoms with Crippen molar-refractivity contribution >= 4 is 33.3 Å². The molecule has 20 heavy (non-hydrogen) atoms. The van der Waals surface area contributed by atoms with Crippen molar-refractivity contribution in [2.75, 3.05) is 11.1 Å². The number of hydrogen-bond acceptors (Lipinski definition) is 3. The molecule has 0 atom stereocenters. The highest BCUT2D eigenvalue weighted by Crippen LogP contribution is 2.27. The number of nitrogens with zero attached hydrogens (tertiary/aromatic N) is 1. The monoisotopic (exact) mass is 333 g/mol. The number of benzene rings is 1. The van der Waals surface area contributed by atoms with Gasteiger partial charge in [-0.2, -0.15) is 0 Å². The lowest BCUT2D eigenvalue weighted by Crippen LogP contribution is -2.35. The van der Waals surface area contributed by atoms with Crippen molar-refractivity contribution in [3.8, 4) is 0 Å². The van der Waals surface area contributed by atoms with E-state index >= 15 is 0 Å². The van der Waals surface area contributed by atoms with E-state index in [2.05, 4.69) is 26.2 Å². The first-order chi connectivity index (χ1) is 9.41. The Hall–Kier alpha value is -1.88. The van der Waals surface area contributed by atoms with E-state index in [9.17, 15) is 4.79 Å². The number of halogens is 1. The number of anilines is 2. The summed E-state index contributed by atoms with van der Waals surface area (Å²) in [5.74, 6) is 0.342. The van der Waals surface area contributed by atoms with Crippen molar-refractivity contribution < 1.29 is 4.79 Å². The molecule has 104 valence electrons.